The number of rotatable bonds is 1. The number of aryl methyl sites for hydroxylation is 1. The van der Waals surface area contributed by atoms with Crippen LogP contribution in [0.15, 0.2) is 42.6 Å². The minimum Gasteiger partial charge on any atom is -0.361 e. The average Bonchev–Trinajstić information content (AvgIpc) is 2.84. The summed E-state index contributed by atoms with van der Waals surface area (Å²) in [6, 6.07) is 11.4. The predicted molar refractivity (Wildman–Crippen MR) is 69.9 cm³/mol. The van der Waals surface area contributed by atoms with Crippen LogP contribution in [0.1, 0.15) is 5.69 Å². The predicted octanol–water partition coefficient (Wildman–Crippen LogP) is 3.28. The minimum atomic E-state index is 0.413. The van der Waals surface area contributed by atoms with Crippen molar-refractivity contribution in [3.05, 3.63) is 59.7 Å². The van der Waals surface area contributed by atoms with Crippen LogP contribution in [-0.2, 0) is 0 Å². The summed E-state index contributed by atoms with van der Waals surface area (Å²) in [7, 11) is 0. The van der Waals surface area contributed by atoms with E-state index in [4.69, 9.17) is 6.57 Å². The molecule has 0 unspecified atom stereocenters. The monoisotopic (exact) mass is 234 g/mol. The maximum absolute atomic E-state index is 6.98. The Morgan fingerprint density at radius 3 is 2.78 bits per heavy atom. The quantitative estimate of drug-likeness (QED) is 0.606. The van der Waals surface area contributed by atoms with Gasteiger partial charge >= 0.3 is 0 Å². The highest BCUT2D eigenvalue weighted by Crippen LogP contribution is 2.23. The van der Waals surface area contributed by atoms with Gasteiger partial charge in [0.25, 0.3) is 5.82 Å². The summed E-state index contributed by atoms with van der Waals surface area (Å²) >= 11 is 0. The Morgan fingerprint density at radius 1 is 1.17 bits per heavy atom. The van der Waals surface area contributed by atoms with Crippen molar-refractivity contribution >= 4 is 16.7 Å². The van der Waals surface area contributed by atoms with Gasteiger partial charge in [-0.2, -0.15) is 5.10 Å². The van der Waals surface area contributed by atoms with E-state index < -0.39 is 0 Å². The lowest BCUT2D eigenvalue weighted by Crippen LogP contribution is -1.96. The summed E-state index contributed by atoms with van der Waals surface area (Å²) < 4.78 is 1.83. The van der Waals surface area contributed by atoms with E-state index in [1.165, 1.54) is 0 Å². The lowest BCUT2D eigenvalue weighted by molar-refractivity contribution is 0.869. The molecule has 86 valence electrons. The van der Waals surface area contributed by atoms with Crippen LogP contribution in [0.2, 0.25) is 0 Å². The van der Waals surface area contributed by atoms with Gasteiger partial charge in [-0.15, -0.1) is 4.98 Å². The zero-order valence-electron chi connectivity index (χ0n) is 9.83. The van der Waals surface area contributed by atoms with Crippen LogP contribution in [0.4, 0.5) is 5.82 Å². The number of fused-ring (bicyclic) bond motifs is 1. The first-order chi connectivity index (χ1) is 8.78. The molecule has 3 rings (SSSR count). The van der Waals surface area contributed by atoms with Gasteiger partial charge in [-0.3, -0.25) is 0 Å². The Kier molecular flexibility index (Phi) is 2.31. The minimum absolute atomic E-state index is 0.413. The molecular weight excluding hydrogens is 224 g/mol. The third kappa shape index (κ3) is 1.62. The van der Waals surface area contributed by atoms with Crippen molar-refractivity contribution in [2.24, 2.45) is 0 Å². The van der Waals surface area contributed by atoms with Gasteiger partial charge in [0.1, 0.15) is 0 Å². The smallest absolute Gasteiger partial charge is 0.270 e. The standard InChI is InChI=1S/C14H10N4/c1-10-8-9-18(17-10)13-5-3-4-12-11(13)6-7-14(15-2)16-12/h3-9H,1H3. The fraction of sp³-hybridized carbons (Fsp3) is 0.0714. The summed E-state index contributed by atoms with van der Waals surface area (Å²) in [5.41, 5.74) is 2.76. The second-order valence-electron chi connectivity index (χ2n) is 4.03. The Bertz CT molecular complexity index is 765. The zero-order valence-corrected chi connectivity index (χ0v) is 9.83. The molecule has 4 nitrogen and oxygen atoms in total. The van der Waals surface area contributed by atoms with Gasteiger partial charge in [0.05, 0.1) is 11.4 Å². The molecule has 0 aliphatic carbocycles. The molecule has 4 heteroatoms. The maximum atomic E-state index is 6.98. The molecule has 0 amide bonds. The molecule has 0 aliphatic rings. The molecule has 0 aliphatic heterocycles. The topological polar surface area (TPSA) is 35.1 Å². The van der Waals surface area contributed by atoms with Gasteiger partial charge in [-0.1, -0.05) is 18.7 Å². The Morgan fingerprint density at radius 2 is 2.06 bits per heavy atom. The summed E-state index contributed by atoms with van der Waals surface area (Å²) in [6.45, 7) is 8.94. The largest absolute Gasteiger partial charge is 0.361 e. The Labute approximate surface area is 104 Å². The first-order valence-corrected chi connectivity index (χ1v) is 5.58. The third-order valence-corrected chi connectivity index (χ3v) is 2.78. The molecule has 2 aromatic heterocycles. The highest BCUT2D eigenvalue weighted by Gasteiger charge is 2.07. The number of benzene rings is 1. The zero-order chi connectivity index (χ0) is 12.5. The van der Waals surface area contributed by atoms with Crippen LogP contribution in [-0.4, -0.2) is 14.8 Å². The fourth-order valence-corrected chi connectivity index (χ4v) is 1.94. The van der Waals surface area contributed by atoms with Crippen molar-refractivity contribution in [1.29, 1.82) is 0 Å². The van der Waals surface area contributed by atoms with E-state index in [2.05, 4.69) is 14.9 Å². The maximum Gasteiger partial charge on any atom is 0.270 e. The Hall–Kier alpha value is -2.67. The van der Waals surface area contributed by atoms with Crippen LogP contribution in [0.3, 0.4) is 0 Å². The molecule has 3 aromatic rings. The molecule has 0 saturated heterocycles. The first-order valence-electron chi connectivity index (χ1n) is 5.58. The van der Waals surface area contributed by atoms with Gasteiger partial charge in [-0.25, -0.2) is 4.68 Å². The lowest BCUT2D eigenvalue weighted by Gasteiger charge is -2.04. The van der Waals surface area contributed by atoms with Gasteiger partial charge in [0, 0.05) is 11.6 Å². The summed E-state index contributed by atoms with van der Waals surface area (Å²) in [5, 5.41) is 5.40. The summed E-state index contributed by atoms with van der Waals surface area (Å²) in [6.07, 6.45) is 1.92. The molecular formula is C14H10N4. The van der Waals surface area contributed by atoms with E-state index in [1.807, 2.05) is 48.1 Å². The molecule has 0 saturated carbocycles. The van der Waals surface area contributed by atoms with Crippen LogP contribution in [0.5, 0.6) is 0 Å². The van der Waals surface area contributed by atoms with Crippen molar-refractivity contribution in [1.82, 2.24) is 14.8 Å². The van der Waals surface area contributed by atoms with Crippen molar-refractivity contribution in [2.45, 2.75) is 6.92 Å². The normalized spacial score (nSPS) is 10.4. The van der Waals surface area contributed by atoms with E-state index in [9.17, 15) is 0 Å². The van der Waals surface area contributed by atoms with E-state index >= 15 is 0 Å². The van der Waals surface area contributed by atoms with Gasteiger partial charge < -0.3 is 4.85 Å². The number of hydrogen-bond acceptors (Lipinski definition) is 2. The summed E-state index contributed by atoms with van der Waals surface area (Å²) in [5.74, 6) is 0.413. The van der Waals surface area contributed by atoms with Gasteiger partial charge in [0.2, 0.25) is 0 Å². The first kappa shape index (κ1) is 10.5. The molecule has 0 bridgehead atoms. The molecule has 18 heavy (non-hydrogen) atoms. The number of hydrogen-bond donors (Lipinski definition) is 0. The van der Waals surface area contributed by atoms with E-state index in [-0.39, 0.29) is 0 Å². The van der Waals surface area contributed by atoms with Crippen LogP contribution in [0.25, 0.3) is 21.4 Å². The van der Waals surface area contributed by atoms with Crippen molar-refractivity contribution < 1.29 is 0 Å². The number of nitrogens with zero attached hydrogens (tertiary/aromatic N) is 4. The second-order valence-corrected chi connectivity index (χ2v) is 4.03. The van der Waals surface area contributed by atoms with Crippen LogP contribution in [0, 0.1) is 13.5 Å². The average molecular weight is 234 g/mol. The lowest BCUT2D eigenvalue weighted by atomic mass is 10.2. The SMILES string of the molecule is [C-]#[N+]c1ccc2c(-n3ccc(C)n3)cccc2n1. The highest BCUT2D eigenvalue weighted by molar-refractivity contribution is 5.88. The Balaban J connectivity index is 2.28. The fourth-order valence-electron chi connectivity index (χ4n) is 1.94. The molecule has 0 atom stereocenters. The van der Waals surface area contributed by atoms with E-state index in [0.29, 0.717) is 5.82 Å². The van der Waals surface area contributed by atoms with Crippen molar-refractivity contribution in [3.63, 3.8) is 0 Å². The van der Waals surface area contributed by atoms with E-state index in [0.717, 1.165) is 22.3 Å². The van der Waals surface area contributed by atoms with E-state index in [1.54, 1.807) is 6.07 Å². The molecule has 0 radical (unpaired) electrons. The number of aromatic nitrogens is 3. The molecule has 1 aromatic carbocycles. The van der Waals surface area contributed by atoms with Crippen molar-refractivity contribution in [3.8, 4) is 5.69 Å². The third-order valence-electron chi connectivity index (χ3n) is 2.78. The van der Waals surface area contributed by atoms with Crippen molar-refractivity contribution in [2.75, 3.05) is 0 Å². The summed E-state index contributed by atoms with van der Waals surface area (Å²) in [4.78, 5) is 7.64. The second kappa shape index (κ2) is 3.97. The molecule has 0 N–H and O–H groups in total. The molecule has 2 heterocycles. The highest BCUT2D eigenvalue weighted by atomic mass is 15.3. The van der Waals surface area contributed by atoms with Gasteiger partial charge in [0.15, 0.2) is 5.52 Å². The van der Waals surface area contributed by atoms with Gasteiger partial charge in [-0.05, 0) is 31.2 Å². The molecule has 0 fully saturated rings. The number of pyridine rings is 1. The molecule has 0 spiro atoms. The van der Waals surface area contributed by atoms with Crippen LogP contribution < -0.4 is 0 Å². The van der Waals surface area contributed by atoms with Crippen LogP contribution >= 0.6 is 0 Å².